The zero-order chi connectivity index (χ0) is 13.5. The molecule has 0 aliphatic rings. The Kier molecular flexibility index (Phi) is 8.21. The molecule has 0 aromatic rings. The molecule has 0 aliphatic heterocycles. The van der Waals surface area contributed by atoms with E-state index in [-0.39, 0.29) is 0 Å². The number of hydrogen-bond acceptors (Lipinski definition) is 4. The summed E-state index contributed by atoms with van der Waals surface area (Å²) in [6.07, 6.45) is 0.588. The molecule has 0 rings (SSSR count). The van der Waals surface area contributed by atoms with Crippen LogP contribution in [0.25, 0.3) is 0 Å². The van der Waals surface area contributed by atoms with Crippen molar-refractivity contribution in [1.29, 1.82) is 0 Å². The highest BCUT2D eigenvalue weighted by Gasteiger charge is 2.39. The van der Waals surface area contributed by atoms with Crippen molar-refractivity contribution >= 4 is 27.5 Å². The third kappa shape index (κ3) is 5.86. The van der Waals surface area contributed by atoms with Crippen molar-refractivity contribution in [3.8, 4) is 0 Å². The summed E-state index contributed by atoms with van der Waals surface area (Å²) in [6.45, 7) is 10.2. The molecular weight excluding hydrogens is 279 g/mol. The lowest BCUT2D eigenvalue weighted by Crippen LogP contribution is -2.38. The van der Waals surface area contributed by atoms with Crippen molar-refractivity contribution in [3.63, 3.8) is 0 Å². The van der Waals surface area contributed by atoms with Gasteiger partial charge in [0.2, 0.25) is 8.32 Å². The van der Waals surface area contributed by atoms with E-state index >= 15 is 0 Å². The van der Waals surface area contributed by atoms with E-state index in [1.54, 1.807) is 13.8 Å². The lowest BCUT2D eigenvalue weighted by atomic mass is 10.5. The summed E-state index contributed by atoms with van der Waals surface area (Å²) in [5.74, 6) is -0.511. The van der Waals surface area contributed by atoms with Crippen LogP contribution in [0, 0.1) is 0 Å². The third-order valence-electron chi connectivity index (χ3n) is 2.10. The van der Waals surface area contributed by atoms with Crippen molar-refractivity contribution in [2.75, 3.05) is 18.7 Å². The van der Waals surface area contributed by atoms with Gasteiger partial charge in [-0.25, -0.2) is 0 Å². The molecule has 7 heteroatoms. The second-order valence-electron chi connectivity index (χ2n) is 4.25. The van der Waals surface area contributed by atoms with Crippen LogP contribution < -0.4 is 0 Å². The van der Waals surface area contributed by atoms with Gasteiger partial charge < -0.3 is 13.5 Å². The van der Waals surface area contributed by atoms with E-state index in [2.05, 4.69) is 0 Å². The number of halogens is 1. The summed E-state index contributed by atoms with van der Waals surface area (Å²) in [5, 5.41) is 0. The van der Waals surface area contributed by atoms with Gasteiger partial charge in [-0.05, 0) is 33.4 Å². The first-order chi connectivity index (χ1) is 7.85. The first-order valence-corrected chi connectivity index (χ1v) is 11.2. The average molecular weight is 303 g/mol. The largest absolute Gasteiger partial charge is 0.402 e. The maximum atomic E-state index is 12.5. The van der Waals surface area contributed by atoms with Crippen LogP contribution >= 0.6 is 19.2 Å². The van der Waals surface area contributed by atoms with Crippen LogP contribution in [0.15, 0.2) is 0 Å². The van der Waals surface area contributed by atoms with Gasteiger partial charge in [-0.2, -0.15) is 0 Å². The van der Waals surface area contributed by atoms with Crippen LogP contribution in [0.5, 0.6) is 0 Å². The number of alkyl halides is 1. The van der Waals surface area contributed by atoms with Crippen molar-refractivity contribution in [1.82, 2.24) is 0 Å². The Bertz CT molecular complexity index is 253. The summed E-state index contributed by atoms with van der Waals surface area (Å²) < 4.78 is 29.0. The third-order valence-corrected chi connectivity index (χ3v) is 8.20. The standard InChI is InChI=1S/C10H24ClO4PSi/c1-6-10(15-17(4,5)9-11)16(12,13-7-2)14-8-3/h10H,6-9H2,1-5H3. The molecule has 0 amide bonds. The highest BCUT2D eigenvalue weighted by molar-refractivity contribution is 7.54. The molecule has 17 heavy (non-hydrogen) atoms. The Hall–Kier alpha value is 0.617. The normalized spacial score (nSPS) is 14.9. The van der Waals surface area contributed by atoms with Crippen LogP contribution in [0.1, 0.15) is 27.2 Å². The fourth-order valence-electron chi connectivity index (χ4n) is 1.33. The van der Waals surface area contributed by atoms with Gasteiger partial charge in [0.25, 0.3) is 0 Å². The van der Waals surface area contributed by atoms with Crippen LogP contribution in [0.2, 0.25) is 13.1 Å². The molecule has 0 N–H and O–H groups in total. The maximum absolute atomic E-state index is 12.5. The zero-order valence-corrected chi connectivity index (χ0v) is 14.0. The van der Waals surface area contributed by atoms with Crippen LogP contribution in [-0.2, 0) is 18.0 Å². The SMILES string of the molecule is CCOP(=O)(OCC)C(CC)O[Si](C)(C)CCl. The van der Waals surface area contributed by atoms with E-state index in [0.717, 1.165) is 0 Å². The van der Waals surface area contributed by atoms with Crippen molar-refractivity contribution in [3.05, 3.63) is 0 Å². The molecule has 0 saturated carbocycles. The van der Waals surface area contributed by atoms with E-state index in [4.69, 9.17) is 25.1 Å². The van der Waals surface area contributed by atoms with Crippen molar-refractivity contribution < 1.29 is 18.0 Å². The summed E-state index contributed by atoms with van der Waals surface area (Å²) >= 11 is 5.86. The molecule has 1 unspecified atom stereocenters. The fourth-order valence-corrected chi connectivity index (χ4v) is 5.44. The minimum Gasteiger partial charge on any atom is -0.402 e. The second kappa shape index (κ2) is 7.92. The quantitative estimate of drug-likeness (QED) is 0.367. The van der Waals surface area contributed by atoms with E-state index in [9.17, 15) is 4.57 Å². The van der Waals surface area contributed by atoms with E-state index in [1.807, 2.05) is 20.0 Å². The first-order valence-electron chi connectivity index (χ1n) is 5.97. The molecule has 1 atom stereocenters. The number of hydrogen-bond donors (Lipinski definition) is 0. The van der Waals surface area contributed by atoms with Gasteiger partial charge in [-0.1, -0.05) is 6.92 Å². The second-order valence-corrected chi connectivity index (χ2v) is 11.2. The zero-order valence-electron chi connectivity index (χ0n) is 11.4. The molecule has 0 radical (unpaired) electrons. The molecule has 0 bridgehead atoms. The Morgan fingerprint density at radius 3 is 1.94 bits per heavy atom. The topological polar surface area (TPSA) is 44.8 Å². The highest BCUT2D eigenvalue weighted by atomic mass is 35.5. The Labute approximate surface area is 111 Å². The van der Waals surface area contributed by atoms with Crippen molar-refractivity contribution in [2.24, 2.45) is 0 Å². The molecule has 0 saturated heterocycles. The molecule has 0 aromatic carbocycles. The first kappa shape index (κ1) is 17.6. The Balaban J connectivity index is 4.85. The summed E-state index contributed by atoms with van der Waals surface area (Å²) in [5.41, 5.74) is 0.460. The van der Waals surface area contributed by atoms with Gasteiger partial charge in [-0.3, -0.25) is 4.57 Å². The molecular formula is C10H24ClO4PSi. The predicted octanol–water partition coefficient (Wildman–Crippen LogP) is 3.99. The molecule has 0 aromatic heterocycles. The monoisotopic (exact) mass is 302 g/mol. The molecule has 0 aliphatic carbocycles. The molecule has 0 heterocycles. The van der Waals surface area contributed by atoms with Gasteiger partial charge in [0.1, 0.15) is 5.85 Å². The molecule has 0 fully saturated rings. The van der Waals surface area contributed by atoms with Gasteiger partial charge in [-0.15, -0.1) is 11.6 Å². The molecule has 0 spiro atoms. The highest BCUT2D eigenvalue weighted by Crippen LogP contribution is 2.55. The van der Waals surface area contributed by atoms with Crippen LogP contribution in [0.3, 0.4) is 0 Å². The Morgan fingerprint density at radius 2 is 1.65 bits per heavy atom. The van der Waals surface area contributed by atoms with Crippen LogP contribution in [-0.4, -0.2) is 32.9 Å². The summed E-state index contributed by atoms with van der Waals surface area (Å²) in [4.78, 5) is 0. The van der Waals surface area contributed by atoms with Gasteiger partial charge in [0.05, 0.1) is 13.2 Å². The predicted molar refractivity (Wildman–Crippen MR) is 74.2 cm³/mol. The molecule has 4 nitrogen and oxygen atoms in total. The summed E-state index contributed by atoms with van der Waals surface area (Å²) in [7, 11) is -5.18. The van der Waals surface area contributed by atoms with E-state index in [0.29, 0.717) is 25.1 Å². The minimum atomic E-state index is -3.19. The molecule has 104 valence electrons. The lowest BCUT2D eigenvalue weighted by molar-refractivity contribution is 0.155. The van der Waals surface area contributed by atoms with E-state index in [1.165, 1.54) is 0 Å². The van der Waals surface area contributed by atoms with Gasteiger partial charge in [0, 0.05) is 5.50 Å². The van der Waals surface area contributed by atoms with Crippen molar-refractivity contribution in [2.45, 2.75) is 46.1 Å². The lowest BCUT2D eigenvalue weighted by Gasteiger charge is -2.31. The van der Waals surface area contributed by atoms with Gasteiger partial charge in [0.15, 0.2) is 0 Å². The van der Waals surface area contributed by atoms with E-state index < -0.39 is 21.8 Å². The smallest absolute Gasteiger partial charge is 0.357 e. The fraction of sp³-hybridized carbons (Fsp3) is 1.00. The average Bonchev–Trinajstić information content (AvgIpc) is 2.26. The maximum Gasteiger partial charge on any atom is 0.357 e. The van der Waals surface area contributed by atoms with Crippen LogP contribution in [0.4, 0.5) is 0 Å². The Morgan fingerprint density at radius 1 is 1.18 bits per heavy atom. The summed E-state index contributed by atoms with van der Waals surface area (Å²) in [6, 6.07) is 0. The number of rotatable bonds is 9. The van der Waals surface area contributed by atoms with Gasteiger partial charge >= 0.3 is 7.60 Å². The minimum absolute atomic E-state index is 0.347.